The molecule has 1 spiro atoms. The smallest absolute Gasteiger partial charge is 0.0522 e. The van der Waals surface area contributed by atoms with Crippen LogP contribution in [0, 0.1) is 5.41 Å². The molecule has 1 fully saturated rings. The summed E-state index contributed by atoms with van der Waals surface area (Å²) in [5.74, 6) is 0.666. The van der Waals surface area contributed by atoms with Gasteiger partial charge in [0.15, 0.2) is 0 Å². The zero-order valence-electron chi connectivity index (χ0n) is 8.42. The summed E-state index contributed by atoms with van der Waals surface area (Å²) in [6.45, 7) is 0.797. The summed E-state index contributed by atoms with van der Waals surface area (Å²) in [4.78, 5) is 0. The predicted octanol–water partition coefficient (Wildman–Crippen LogP) is 1.57. The van der Waals surface area contributed by atoms with E-state index >= 15 is 0 Å². The number of aryl methyl sites for hydroxylation is 1. The fraction of sp³-hybridized carbons (Fsp3) is 0.727. The molecule has 3 heteroatoms. The summed E-state index contributed by atoms with van der Waals surface area (Å²) in [6.07, 6.45) is 8.48. The number of rotatable bonds is 2. The van der Waals surface area contributed by atoms with Gasteiger partial charge in [-0.25, -0.2) is 0 Å². The monoisotopic (exact) mass is 191 g/mol. The maximum atomic E-state index is 5.70. The van der Waals surface area contributed by atoms with Gasteiger partial charge in [-0.15, -0.1) is 0 Å². The van der Waals surface area contributed by atoms with E-state index in [1.807, 2.05) is 6.20 Å². The molecule has 3 rings (SSSR count). The summed E-state index contributed by atoms with van der Waals surface area (Å²) in [6, 6.07) is 0. The Hall–Kier alpha value is -0.830. The van der Waals surface area contributed by atoms with Crippen LogP contribution in [0.2, 0.25) is 0 Å². The van der Waals surface area contributed by atoms with Crippen LogP contribution >= 0.6 is 0 Å². The lowest BCUT2D eigenvalue weighted by molar-refractivity contribution is 0.328. The number of fused-ring (bicyclic) bond motifs is 1. The van der Waals surface area contributed by atoms with Gasteiger partial charge in [0.1, 0.15) is 0 Å². The highest BCUT2D eigenvalue weighted by Gasteiger charge is 2.51. The number of H-pyrrole nitrogens is 1. The molecule has 0 saturated heterocycles. The van der Waals surface area contributed by atoms with Crippen LogP contribution in [0.25, 0.3) is 0 Å². The Morgan fingerprint density at radius 3 is 3.07 bits per heavy atom. The Morgan fingerprint density at radius 1 is 1.50 bits per heavy atom. The number of nitrogens with zero attached hydrogens (tertiary/aromatic N) is 1. The van der Waals surface area contributed by atoms with Crippen molar-refractivity contribution in [2.45, 2.75) is 38.0 Å². The van der Waals surface area contributed by atoms with Gasteiger partial charge in [-0.1, -0.05) is 0 Å². The van der Waals surface area contributed by atoms with Crippen molar-refractivity contribution in [2.24, 2.45) is 11.1 Å². The second-order valence-electron chi connectivity index (χ2n) is 4.80. The summed E-state index contributed by atoms with van der Waals surface area (Å²) in [7, 11) is 0. The highest BCUT2D eigenvalue weighted by Crippen LogP contribution is 2.62. The van der Waals surface area contributed by atoms with Crippen LogP contribution in [-0.4, -0.2) is 16.7 Å². The first-order valence-electron chi connectivity index (χ1n) is 5.58. The van der Waals surface area contributed by atoms with Crippen molar-refractivity contribution in [2.75, 3.05) is 6.54 Å². The van der Waals surface area contributed by atoms with Crippen molar-refractivity contribution >= 4 is 0 Å². The standard InChI is InChI=1S/C11H17N3/c12-6-2-9-10-8(7-13-14-10)1-3-11(9)4-5-11/h7,9H,1-6,12H2,(H,13,14). The fourth-order valence-corrected chi connectivity index (χ4v) is 3.06. The fourth-order valence-electron chi connectivity index (χ4n) is 3.06. The Labute approximate surface area is 84.1 Å². The summed E-state index contributed by atoms with van der Waals surface area (Å²) in [5, 5.41) is 7.35. The third-order valence-electron chi connectivity index (χ3n) is 4.08. The summed E-state index contributed by atoms with van der Waals surface area (Å²) < 4.78 is 0. The van der Waals surface area contributed by atoms with Crippen LogP contribution in [0.4, 0.5) is 0 Å². The molecule has 1 aromatic heterocycles. The van der Waals surface area contributed by atoms with E-state index in [2.05, 4.69) is 10.2 Å². The van der Waals surface area contributed by atoms with Crippen molar-refractivity contribution in [3.05, 3.63) is 17.5 Å². The zero-order valence-corrected chi connectivity index (χ0v) is 8.42. The summed E-state index contributed by atoms with van der Waals surface area (Å²) in [5.41, 5.74) is 9.13. The lowest BCUT2D eigenvalue weighted by Gasteiger charge is -2.31. The maximum absolute atomic E-state index is 5.70. The minimum atomic E-state index is 0.610. The molecule has 0 amide bonds. The number of nitrogens with one attached hydrogen (secondary N) is 1. The molecule has 1 heterocycles. The van der Waals surface area contributed by atoms with Crippen LogP contribution in [0.1, 0.15) is 42.9 Å². The third-order valence-corrected chi connectivity index (χ3v) is 4.08. The van der Waals surface area contributed by atoms with Crippen molar-refractivity contribution in [3.8, 4) is 0 Å². The molecular formula is C11H17N3. The van der Waals surface area contributed by atoms with Gasteiger partial charge in [-0.3, -0.25) is 5.10 Å². The SMILES string of the molecule is NCCC1c2[nH]ncc2CCC12CC2. The predicted molar refractivity (Wildman–Crippen MR) is 55.0 cm³/mol. The average Bonchev–Trinajstić information content (AvgIpc) is 2.79. The lowest BCUT2D eigenvalue weighted by Crippen LogP contribution is -2.24. The average molecular weight is 191 g/mol. The molecule has 1 aromatic rings. The Balaban J connectivity index is 1.97. The molecule has 3 nitrogen and oxygen atoms in total. The van der Waals surface area contributed by atoms with Gasteiger partial charge in [0, 0.05) is 11.6 Å². The van der Waals surface area contributed by atoms with Crippen LogP contribution in [0.3, 0.4) is 0 Å². The number of aromatic amines is 1. The van der Waals surface area contributed by atoms with Gasteiger partial charge in [-0.2, -0.15) is 5.10 Å². The van der Waals surface area contributed by atoms with E-state index in [-0.39, 0.29) is 0 Å². The van der Waals surface area contributed by atoms with E-state index in [4.69, 9.17) is 5.73 Å². The molecule has 76 valence electrons. The molecule has 0 bridgehead atoms. The Kier molecular flexibility index (Phi) is 1.71. The number of nitrogens with two attached hydrogens (primary N) is 1. The maximum Gasteiger partial charge on any atom is 0.0522 e. The largest absolute Gasteiger partial charge is 0.330 e. The first-order valence-corrected chi connectivity index (χ1v) is 5.58. The highest BCUT2D eigenvalue weighted by atomic mass is 15.1. The van der Waals surface area contributed by atoms with E-state index in [1.165, 1.54) is 36.9 Å². The van der Waals surface area contributed by atoms with Gasteiger partial charge in [-0.05, 0) is 49.6 Å². The topological polar surface area (TPSA) is 54.7 Å². The van der Waals surface area contributed by atoms with E-state index in [0.29, 0.717) is 11.3 Å². The molecule has 1 atom stereocenters. The Bertz CT molecular complexity index is 338. The van der Waals surface area contributed by atoms with Crippen LogP contribution < -0.4 is 5.73 Å². The molecule has 2 aliphatic carbocycles. The van der Waals surface area contributed by atoms with Gasteiger partial charge < -0.3 is 5.73 Å². The van der Waals surface area contributed by atoms with Gasteiger partial charge in [0.25, 0.3) is 0 Å². The van der Waals surface area contributed by atoms with Gasteiger partial charge in [0.2, 0.25) is 0 Å². The minimum Gasteiger partial charge on any atom is -0.330 e. The first-order chi connectivity index (χ1) is 6.86. The van der Waals surface area contributed by atoms with E-state index in [0.717, 1.165) is 13.0 Å². The minimum absolute atomic E-state index is 0.610. The van der Waals surface area contributed by atoms with Crippen molar-refractivity contribution in [1.29, 1.82) is 0 Å². The molecule has 1 saturated carbocycles. The Morgan fingerprint density at radius 2 is 2.36 bits per heavy atom. The second-order valence-corrected chi connectivity index (χ2v) is 4.80. The van der Waals surface area contributed by atoms with Crippen LogP contribution in [0.5, 0.6) is 0 Å². The van der Waals surface area contributed by atoms with Crippen molar-refractivity contribution in [3.63, 3.8) is 0 Å². The zero-order chi connectivity index (χ0) is 9.60. The highest BCUT2D eigenvalue weighted by molar-refractivity contribution is 5.29. The lowest BCUT2D eigenvalue weighted by atomic mass is 9.74. The molecule has 3 N–H and O–H groups in total. The molecule has 0 radical (unpaired) electrons. The number of aromatic nitrogens is 2. The summed E-state index contributed by atoms with van der Waals surface area (Å²) >= 11 is 0. The molecule has 0 aliphatic heterocycles. The first kappa shape index (κ1) is 8.48. The van der Waals surface area contributed by atoms with Gasteiger partial charge >= 0.3 is 0 Å². The number of hydrogen-bond donors (Lipinski definition) is 2. The molecule has 14 heavy (non-hydrogen) atoms. The normalized spacial score (nSPS) is 27.6. The number of hydrogen-bond acceptors (Lipinski definition) is 2. The molecular weight excluding hydrogens is 174 g/mol. The van der Waals surface area contributed by atoms with Gasteiger partial charge in [0.05, 0.1) is 6.20 Å². The van der Waals surface area contributed by atoms with E-state index in [1.54, 1.807) is 0 Å². The second kappa shape index (κ2) is 2.83. The van der Waals surface area contributed by atoms with E-state index in [9.17, 15) is 0 Å². The van der Waals surface area contributed by atoms with Crippen LogP contribution in [0.15, 0.2) is 6.20 Å². The molecule has 1 unspecified atom stereocenters. The van der Waals surface area contributed by atoms with Crippen molar-refractivity contribution in [1.82, 2.24) is 10.2 Å². The van der Waals surface area contributed by atoms with E-state index < -0.39 is 0 Å². The molecule has 2 aliphatic rings. The third kappa shape index (κ3) is 1.05. The van der Waals surface area contributed by atoms with Crippen LogP contribution in [-0.2, 0) is 6.42 Å². The molecule has 0 aromatic carbocycles. The quantitative estimate of drug-likeness (QED) is 0.745. The van der Waals surface area contributed by atoms with Crippen molar-refractivity contribution < 1.29 is 0 Å².